The number of carbonyl (C=O) groups is 1. The number of benzene rings is 2. The quantitative estimate of drug-likeness (QED) is 0.483. The van der Waals surface area contributed by atoms with E-state index in [2.05, 4.69) is 15.5 Å². The van der Waals surface area contributed by atoms with Crippen LogP contribution in [-0.4, -0.2) is 32.1 Å². The number of nitrogens with one attached hydrogen (secondary N) is 1. The summed E-state index contributed by atoms with van der Waals surface area (Å²) in [6.45, 7) is 0. The van der Waals surface area contributed by atoms with Crippen LogP contribution in [0.3, 0.4) is 0 Å². The summed E-state index contributed by atoms with van der Waals surface area (Å²) >= 11 is 1.09. The van der Waals surface area contributed by atoms with E-state index in [9.17, 15) is 15.0 Å². The van der Waals surface area contributed by atoms with Gasteiger partial charge >= 0.3 is 0 Å². The molecule has 3 rings (SSSR count). The van der Waals surface area contributed by atoms with Crippen molar-refractivity contribution < 1.29 is 19.4 Å². The second-order valence-electron chi connectivity index (χ2n) is 4.77. The van der Waals surface area contributed by atoms with E-state index < -0.39 is 0 Å². The van der Waals surface area contributed by atoms with Crippen molar-refractivity contribution in [3.05, 3.63) is 48.5 Å². The monoisotopic (exact) mass is 343 g/mol. The van der Waals surface area contributed by atoms with Crippen LogP contribution in [0.5, 0.6) is 11.5 Å². The van der Waals surface area contributed by atoms with Crippen LogP contribution in [0.2, 0.25) is 0 Å². The summed E-state index contributed by atoms with van der Waals surface area (Å²) in [6.07, 6.45) is 0. The zero-order valence-corrected chi connectivity index (χ0v) is 13.2. The topological polar surface area (TPSA) is 108 Å². The van der Waals surface area contributed by atoms with Crippen LogP contribution in [0.4, 0.5) is 5.69 Å². The Labute approximate surface area is 141 Å². The molecule has 0 aliphatic carbocycles. The van der Waals surface area contributed by atoms with Crippen LogP contribution >= 0.6 is 11.8 Å². The Morgan fingerprint density at radius 1 is 1.08 bits per heavy atom. The van der Waals surface area contributed by atoms with Gasteiger partial charge in [0, 0.05) is 5.56 Å². The van der Waals surface area contributed by atoms with Crippen molar-refractivity contribution in [2.24, 2.45) is 0 Å². The molecule has 0 aliphatic heterocycles. The number of hydrogen-bond donors (Lipinski definition) is 3. The average Bonchev–Trinajstić information content (AvgIpc) is 3.05. The third kappa shape index (κ3) is 3.85. The molecular formula is C16H13N3O4S. The highest BCUT2D eigenvalue weighted by molar-refractivity contribution is 7.99. The van der Waals surface area contributed by atoms with E-state index in [0.717, 1.165) is 11.8 Å². The fourth-order valence-corrected chi connectivity index (χ4v) is 2.44. The minimum Gasteiger partial charge on any atom is -0.508 e. The summed E-state index contributed by atoms with van der Waals surface area (Å²) in [5.41, 5.74) is 1.02. The van der Waals surface area contributed by atoms with Crippen molar-refractivity contribution in [2.75, 3.05) is 11.1 Å². The maximum absolute atomic E-state index is 11.9. The van der Waals surface area contributed by atoms with Gasteiger partial charge in [0.1, 0.15) is 11.5 Å². The summed E-state index contributed by atoms with van der Waals surface area (Å²) in [6, 6.07) is 12.8. The Hall–Kier alpha value is -3.00. The van der Waals surface area contributed by atoms with Gasteiger partial charge in [-0.05, 0) is 36.4 Å². The van der Waals surface area contributed by atoms with Gasteiger partial charge in [-0.1, -0.05) is 23.9 Å². The van der Waals surface area contributed by atoms with Gasteiger partial charge in [0.15, 0.2) is 0 Å². The number of aromatic nitrogens is 2. The number of hydrogen-bond acceptors (Lipinski definition) is 7. The lowest BCUT2D eigenvalue weighted by Gasteiger charge is -2.05. The molecule has 7 nitrogen and oxygen atoms in total. The largest absolute Gasteiger partial charge is 0.508 e. The van der Waals surface area contributed by atoms with E-state index >= 15 is 0 Å². The molecule has 3 N–H and O–H groups in total. The first-order valence-electron chi connectivity index (χ1n) is 6.95. The number of amides is 1. The van der Waals surface area contributed by atoms with E-state index in [1.807, 2.05) is 0 Å². The third-order valence-electron chi connectivity index (χ3n) is 3.03. The Morgan fingerprint density at radius 3 is 2.58 bits per heavy atom. The zero-order chi connectivity index (χ0) is 16.9. The van der Waals surface area contributed by atoms with E-state index in [1.165, 1.54) is 18.2 Å². The molecule has 0 saturated carbocycles. The number of nitrogens with zero attached hydrogens (tertiary/aromatic N) is 2. The van der Waals surface area contributed by atoms with E-state index in [1.54, 1.807) is 30.3 Å². The van der Waals surface area contributed by atoms with Gasteiger partial charge in [-0.15, -0.1) is 10.2 Å². The summed E-state index contributed by atoms with van der Waals surface area (Å²) in [5.74, 6) is 0.215. The average molecular weight is 343 g/mol. The molecule has 0 unspecified atom stereocenters. The van der Waals surface area contributed by atoms with Crippen molar-refractivity contribution in [2.45, 2.75) is 5.22 Å². The standard InChI is InChI=1S/C16H13N3O4S/c20-11-7-5-10(6-8-11)15-18-19-16(23-15)24-9-14(22)17-12-3-1-2-4-13(12)21/h1-8,20-21H,9H2,(H,17,22). The molecule has 3 aromatic rings. The molecule has 8 heteroatoms. The molecule has 1 aromatic heterocycles. The van der Waals surface area contributed by atoms with Gasteiger partial charge in [0.05, 0.1) is 11.4 Å². The minimum absolute atomic E-state index is 0.00302. The molecule has 24 heavy (non-hydrogen) atoms. The van der Waals surface area contributed by atoms with E-state index in [4.69, 9.17) is 4.42 Å². The Balaban J connectivity index is 1.58. The maximum Gasteiger partial charge on any atom is 0.277 e. The number of thioether (sulfide) groups is 1. The molecule has 0 radical (unpaired) electrons. The number of para-hydroxylation sites is 2. The second-order valence-corrected chi connectivity index (χ2v) is 5.70. The number of carbonyl (C=O) groups excluding carboxylic acids is 1. The first kappa shape index (κ1) is 15.9. The van der Waals surface area contributed by atoms with Gasteiger partial charge < -0.3 is 19.9 Å². The number of phenols is 2. The van der Waals surface area contributed by atoms with E-state index in [0.29, 0.717) is 17.1 Å². The lowest BCUT2D eigenvalue weighted by Crippen LogP contribution is -2.14. The number of anilines is 1. The fourth-order valence-electron chi connectivity index (χ4n) is 1.88. The number of phenolic OH excluding ortho intramolecular Hbond substituents is 2. The molecule has 1 heterocycles. The van der Waals surface area contributed by atoms with Crippen molar-refractivity contribution >= 4 is 23.4 Å². The minimum atomic E-state index is -0.300. The summed E-state index contributed by atoms with van der Waals surface area (Å²) in [5, 5.41) is 29.5. The van der Waals surface area contributed by atoms with Gasteiger partial charge in [-0.3, -0.25) is 4.79 Å². The molecule has 0 fully saturated rings. The SMILES string of the molecule is O=C(CSc1nnc(-c2ccc(O)cc2)o1)Nc1ccccc1O. The normalized spacial score (nSPS) is 10.5. The van der Waals surface area contributed by atoms with Crippen molar-refractivity contribution in [1.82, 2.24) is 10.2 Å². The Morgan fingerprint density at radius 2 is 1.83 bits per heavy atom. The molecule has 0 bridgehead atoms. The number of aromatic hydroxyl groups is 2. The van der Waals surface area contributed by atoms with Crippen molar-refractivity contribution in [1.29, 1.82) is 0 Å². The summed E-state index contributed by atoms with van der Waals surface area (Å²) in [7, 11) is 0. The van der Waals surface area contributed by atoms with Crippen LogP contribution in [0, 0.1) is 0 Å². The highest BCUT2D eigenvalue weighted by atomic mass is 32.2. The molecule has 0 saturated heterocycles. The van der Waals surface area contributed by atoms with Crippen LogP contribution in [0.25, 0.3) is 11.5 Å². The van der Waals surface area contributed by atoms with Gasteiger partial charge in [0.25, 0.3) is 5.22 Å². The van der Waals surface area contributed by atoms with Crippen molar-refractivity contribution in [3.8, 4) is 23.0 Å². The molecule has 122 valence electrons. The van der Waals surface area contributed by atoms with Crippen LogP contribution < -0.4 is 5.32 Å². The van der Waals surface area contributed by atoms with Gasteiger partial charge in [0.2, 0.25) is 11.8 Å². The molecule has 0 spiro atoms. The maximum atomic E-state index is 11.9. The number of rotatable bonds is 5. The Kier molecular flexibility index (Phi) is 4.66. The molecule has 2 aromatic carbocycles. The predicted octanol–water partition coefficient (Wildman–Crippen LogP) is 2.88. The van der Waals surface area contributed by atoms with Crippen LogP contribution in [0.1, 0.15) is 0 Å². The third-order valence-corrected chi connectivity index (χ3v) is 3.84. The lowest BCUT2D eigenvalue weighted by molar-refractivity contribution is -0.113. The van der Waals surface area contributed by atoms with Crippen LogP contribution in [-0.2, 0) is 4.79 Å². The lowest BCUT2D eigenvalue weighted by atomic mass is 10.2. The first-order valence-corrected chi connectivity index (χ1v) is 7.94. The molecule has 0 atom stereocenters. The predicted molar refractivity (Wildman–Crippen MR) is 88.9 cm³/mol. The molecule has 0 aliphatic rings. The highest BCUT2D eigenvalue weighted by Crippen LogP contribution is 2.25. The summed E-state index contributed by atoms with van der Waals surface area (Å²) in [4.78, 5) is 11.9. The Bertz CT molecular complexity index is 849. The zero-order valence-electron chi connectivity index (χ0n) is 12.3. The fraction of sp³-hybridized carbons (Fsp3) is 0.0625. The first-order chi connectivity index (χ1) is 11.6. The van der Waals surface area contributed by atoms with E-state index in [-0.39, 0.29) is 28.4 Å². The van der Waals surface area contributed by atoms with Gasteiger partial charge in [-0.2, -0.15) is 0 Å². The summed E-state index contributed by atoms with van der Waals surface area (Å²) < 4.78 is 5.46. The second kappa shape index (κ2) is 7.05. The molecule has 1 amide bonds. The molecular weight excluding hydrogens is 330 g/mol. The smallest absolute Gasteiger partial charge is 0.277 e. The van der Waals surface area contributed by atoms with Crippen LogP contribution in [0.15, 0.2) is 58.2 Å². The highest BCUT2D eigenvalue weighted by Gasteiger charge is 2.12. The van der Waals surface area contributed by atoms with Gasteiger partial charge in [-0.25, -0.2) is 0 Å². The van der Waals surface area contributed by atoms with Crippen molar-refractivity contribution in [3.63, 3.8) is 0 Å².